The van der Waals surface area contributed by atoms with E-state index in [1.807, 2.05) is 19.1 Å². The maximum absolute atomic E-state index is 13.2. The third-order valence-corrected chi connectivity index (χ3v) is 5.76. The number of nitrogens with one attached hydrogen (secondary N) is 1. The van der Waals surface area contributed by atoms with Crippen LogP contribution in [0.4, 0.5) is 11.6 Å². The number of benzene rings is 2. The van der Waals surface area contributed by atoms with E-state index in [0.29, 0.717) is 29.6 Å². The molecule has 9 nitrogen and oxygen atoms in total. The average Bonchev–Trinajstić information content (AvgIpc) is 3.13. The molecule has 0 radical (unpaired) electrons. The van der Waals surface area contributed by atoms with Crippen LogP contribution < -0.4 is 20.6 Å². The Hall–Kier alpha value is -4.14. The van der Waals surface area contributed by atoms with Gasteiger partial charge in [-0.25, -0.2) is 18.9 Å². The van der Waals surface area contributed by atoms with Crippen LogP contribution in [0.3, 0.4) is 0 Å². The fourth-order valence-corrected chi connectivity index (χ4v) is 4.13. The number of anilines is 2. The molecule has 5 rings (SSSR count). The van der Waals surface area contributed by atoms with E-state index < -0.39 is 5.69 Å². The van der Waals surface area contributed by atoms with Crippen molar-refractivity contribution in [1.29, 1.82) is 0 Å². The summed E-state index contributed by atoms with van der Waals surface area (Å²) in [6.45, 7) is 3.09. The molecule has 2 aromatic heterocycles. The van der Waals surface area contributed by atoms with Gasteiger partial charge in [-0.1, -0.05) is 24.3 Å². The molecule has 0 saturated carbocycles. The molecule has 0 atom stereocenters. The summed E-state index contributed by atoms with van der Waals surface area (Å²) < 4.78 is 7.79. The van der Waals surface area contributed by atoms with Gasteiger partial charge in [0.15, 0.2) is 5.65 Å². The third-order valence-electron chi connectivity index (χ3n) is 5.76. The second kappa shape index (κ2) is 8.42. The predicted molar refractivity (Wildman–Crippen MR) is 125 cm³/mol. The van der Waals surface area contributed by atoms with Crippen molar-refractivity contribution in [2.45, 2.75) is 26.4 Å². The summed E-state index contributed by atoms with van der Waals surface area (Å²) in [4.78, 5) is 32.5. The Balaban J connectivity index is 1.43. The first-order valence-electron chi connectivity index (χ1n) is 10.7. The molecule has 0 saturated heterocycles. The maximum atomic E-state index is 13.2. The van der Waals surface area contributed by atoms with E-state index in [2.05, 4.69) is 32.4 Å². The number of fused-ring (bicyclic) bond motifs is 2. The number of ether oxygens (including phenoxy) is 1. The summed E-state index contributed by atoms with van der Waals surface area (Å²) >= 11 is 0. The van der Waals surface area contributed by atoms with Crippen LogP contribution in [0.1, 0.15) is 16.8 Å². The number of aryl methyl sites for hydroxylation is 1. The third kappa shape index (κ3) is 4.05. The normalized spacial score (nSPS) is 13.1. The zero-order valence-corrected chi connectivity index (χ0v) is 18.5. The molecule has 0 spiro atoms. The zero-order chi connectivity index (χ0) is 22.9. The monoisotopic (exact) mass is 444 g/mol. The smallest absolute Gasteiger partial charge is 0.353 e. The van der Waals surface area contributed by atoms with Crippen molar-refractivity contribution in [3.63, 3.8) is 0 Å². The van der Waals surface area contributed by atoms with Gasteiger partial charge >= 0.3 is 5.69 Å². The topological polar surface area (TPSA) is 93.8 Å². The summed E-state index contributed by atoms with van der Waals surface area (Å²) in [7, 11) is 1.58. The largest absolute Gasteiger partial charge is 0.497 e. The molecule has 2 aromatic carbocycles. The minimum Gasteiger partial charge on any atom is -0.497 e. The van der Waals surface area contributed by atoms with Crippen LogP contribution in [0.15, 0.2) is 59.4 Å². The van der Waals surface area contributed by atoms with Crippen molar-refractivity contribution in [3.05, 3.63) is 81.9 Å². The van der Waals surface area contributed by atoms with Gasteiger partial charge in [-0.05, 0) is 48.7 Å². The second-order valence-corrected chi connectivity index (χ2v) is 8.05. The van der Waals surface area contributed by atoms with Gasteiger partial charge in [-0.3, -0.25) is 4.79 Å². The number of carbonyl (C=O) groups excluding carboxylic acids is 1. The van der Waals surface area contributed by atoms with Crippen molar-refractivity contribution in [2.75, 3.05) is 23.9 Å². The Kier molecular flexibility index (Phi) is 5.29. The van der Waals surface area contributed by atoms with Crippen molar-refractivity contribution < 1.29 is 9.53 Å². The number of rotatable bonds is 5. The highest BCUT2D eigenvalue weighted by atomic mass is 16.5. The Morgan fingerprint density at radius 2 is 1.88 bits per heavy atom. The fraction of sp³-hybridized carbons (Fsp3) is 0.250. The Morgan fingerprint density at radius 3 is 2.64 bits per heavy atom. The molecule has 1 amide bonds. The Bertz CT molecular complexity index is 1390. The van der Waals surface area contributed by atoms with Crippen molar-refractivity contribution in [2.24, 2.45) is 0 Å². The molecule has 33 heavy (non-hydrogen) atoms. The van der Waals surface area contributed by atoms with Gasteiger partial charge in [0.1, 0.15) is 12.3 Å². The van der Waals surface area contributed by atoms with Crippen molar-refractivity contribution in [1.82, 2.24) is 19.2 Å². The number of carbonyl (C=O) groups is 1. The van der Waals surface area contributed by atoms with Gasteiger partial charge in [0.05, 0.1) is 7.11 Å². The van der Waals surface area contributed by atoms with Gasteiger partial charge in [0.25, 0.3) is 0 Å². The lowest BCUT2D eigenvalue weighted by atomic mass is 10.0. The lowest BCUT2D eigenvalue weighted by Gasteiger charge is -2.29. The SMILES string of the molecule is COc1ccc(NC(=O)Cn2nc3cc(C)nc(N4CCc5ccccc5C4)n3c2=O)cc1. The van der Waals surface area contributed by atoms with Crippen LogP contribution in [-0.2, 0) is 24.3 Å². The first-order chi connectivity index (χ1) is 16.0. The molecule has 1 N–H and O–H groups in total. The van der Waals surface area contributed by atoms with Crippen LogP contribution in [-0.4, -0.2) is 38.7 Å². The molecular weight excluding hydrogens is 420 g/mol. The number of hydrogen-bond acceptors (Lipinski definition) is 6. The molecule has 168 valence electrons. The quantitative estimate of drug-likeness (QED) is 0.508. The summed E-state index contributed by atoms with van der Waals surface area (Å²) in [6, 6.07) is 17.0. The highest BCUT2D eigenvalue weighted by Crippen LogP contribution is 2.23. The predicted octanol–water partition coefficient (Wildman–Crippen LogP) is 2.41. The second-order valence-electron chi connectivity index (χ2n) is 8.05. The van der Waals surface area contributed by atoms with E-state index >= 15 is 0 Å². The number of methoxy groups -OCH3 is 1. The van der Waals surface area contributed by atoms with E-state index in [1.54, 1.807) is 37.4 Å². The van der Waals surface area contributed by atoms with Crippen LogP contribution in [0, 0.1) is 6.92 Å². The Morgan fingerprint density at radius 1 is 1.12 bits per heavy atom. The molecule has 9 heteroatoms. The Labute approximate surface area is 190 Å². The summed E-state index contributed by atoms with van der Waals surface area (Å²) in [5.41, 5.74) is 3.99. The summed E-state index contributed by atoms with van der Waals surface area (Å²) in [6.07, 6.45) is 0.875. The van der Waals surface area contributed by atoms with E-state index in [-0.39, 0.29) is 12.5 Å². The van der Waals surface area contributed by atoms with Crippen molar-refractivity contribution in [3.8, 4) is 5.75 Å². The number of amides is 1. The number of nitrogens with zero attached hydrogens (tertiary/aromatic N) is 5. The van der Waals surface area contributed by atoms with E-state index in [0.717, 1.165) is 18.7 Å². The molecular formula is C24H24N6O3. The van der Waals surface area contributed by atoms with Gasteiger partial charge < -0.3 is 15.0 Å². The number of hydrogen-bond donors (Lipinski definition) is 1. The minimum atomic E-state index is -0.392. The fourth-order valence-electron chi connectivity index (χ4n) is 4.13. The molecule has 1 aliphatic rings. The van der Waals surface area contributed by atoms with E-state index in [9.17, 15) is 9.59 Å². The highest BCUT2D eigenvalue weighted by Gasteiger charge is 2.22. The van der Waals surface area contributed by atoms with Gasteiger partial charge in [-0.15, -0.1) is 5.10 Å². The van der Waals surface area contributed by atoms with Gasteiger partial charge in [0.2, 0.25) is 11.9 Å². The van der Waals surface area contributed by atoms with E-state index in [1.165, 1.54) is 20.2 Å². The summed E-state index contributed by atoms with van der Waals surface area (Å²) in [5, 5.41) is 7.19. The van der Waals surface area contributed by atoms with Crippen LogP contribution in [0.2, 0.25) is 0 Å². The number of aromatic nitrogens is 4. The average molecular weight is 444 g/mol. The highest BCUT2D eigenvalue weighted by molar-refractivity contribution is 5.90. The van der Waals surface area contributed by atoms with Gasteiger partial charge in [-0.2, -0.15) is 0 Å². The van der Waals surface area contributed by atoms with Crippen LogP contribution in [0.5, 0.6) is 5.75 Å². The van der Waals surface area contributed by atoms with Gasteiger partial charge in [0, 0.05) is 30.5 Å². The van der Waals surface area contributed by atoms with Crippen LogP contribution in [0.25, 0.3) is 5.65 Å². The van der Waals surface area contributed by atoms with Crippen LogP contribution >= 0.6 is 0 Å². The zero-order valence-electron chi connectivity index (χ0n) is 18.5. The van der Waals surface area contributed by atoms with E-state index in [4.69, 9.17) is 4.74 Å². The molecule has 0 fully saturated rings. The molecule has 0 bridgehead atoms. The summed E-state index contributed by atoms with van der Waals surface area (Å²) in [5.74, 6) is 0.899. The molecule has 0 unspecified atom stereocenters. The molecule has 3 heterocycles. The minimum absolute atomic E-state index is 0.201. The molecule has 0 aliphatic carbocycles. The lowest BCUT2D eigenvalue weighted by Crippen LogP contribution is -2.35. The first-order valence-corrected chi connectivity index (χ1v) is 10.7. The standard InChI is InChI=1S/C24H24N6O3/c1-16-13-21-27-29(15-22(31)26-19-7-9-20(33-2)10-8-19)24(32)30(21)23(25-16)28-12-11-17-5-3-4-6-18(17)14-28/h3-10,13H,11-12,14-15H2,1-2H3,(H,26,31). The van der Waals surface area contributed by atoms with Crippen molar-refractivity contribution >= 4 is 23.2 Å². The maximum Gasteiger partial charge on any atom is 0.353 e. The molecule has 1 aliphatic heterocycles. The lowest BCUT2D eigenvalue weighted by molar-refractivity contribution is -0.117. The molecule has 4 aromatic rings. The first kappa shape index (κ1) is 20.7.